The molecule has 0 aliphatic rings. The number of halogens is 1. The van der Waals surface area contributed by atoms with Crippen molar-refractivity contribution in [2.24, 2.45) is 0 Å². The molecule has 0 radical (unpaired) electrons. The second-order valence-electron chi connectivity index (χ2n) is 4.70. The molecule has 0 heterocycles. The van der Waals surface area contributed by atoms with E-state index in [9.17, 15) is 9.90 Å². The molecule has 0 aliphatic carbocycles. The molecular formula is C16H16BrNO2. The van der Waals surface area contributed by atoms with Crippen LogP contribution in [-0.2, 0) is 0 Å². The van der Waals surface area contributed by atoms with Crippen LogP contribution in [0.3, 0.4) is 0 Å². The van der Waals surface area contributed by atoms with Gasteiger partial charge in [0.15, 0.2) is 0 Å². The fraction of sp³-hybridized carbons (Fsp3) is 0.188. The third-order valence-electron chi connectivity index (χ3n) is 3.27. The van der Waals surface area contributed by atoms with Crippen LogP contribution in [0.5, 0.6) is 5.75 Å². The van der Waals surface area contributed by atoms with Crippen LogP contribution in [0.2, 0.25) is 0 Å². The molecule has 4 heteroatoms. The van der Waals surface area contributed by atoms with E-state index in [2.05, 4.69) is 21.2 Å². The van der Waals surface area contributed by atoms with E-state index in [-0.39, 0.29) is 17.7 Å². The maximum absolute atomic E-state index is 12.2. The number of hydrogen-bond acceptors (Lipinski definition) is 2. The lowest BCUT2D eigenvalue weighted by Gasteiger charge is -2.15. The van der Waals surface area contributed by atoms with Gasteiger partial charge in [-0.1, -0.05) is 34.1 Å². The van der Waals surface area contributed by atoms with Crippen molar-refractivity contribution in [1.29, 1.82) is 0 Å². The summed E-state index contributed by atoms with van der Waals surface area (Å²) in [7, 11) is 0. The summed E-state index contributed by atoms with van der Waals surface area (Å²) in [6, 6.07) is 12.7. The lowest BCUT2D eigenvalue weighted by atomic mass is 10.1. The molecule has 2 aromatic carbocycles. The van der Waals surface area contributed by atoms with Gasteiger partial charge in [0, 0.05) is 15.6 Å². The Morgan fingerprint density at radius 1 is 1.20 bits per heavy atom. The van der Waals surface area contributed by atoms with Gasteiger partial charge in [-0.25, -0.2) is 0 Å². The van der Waals surface area contributed by atoms with Crippen molar-refractivity contribution in [3.63, 3.8) is 0 Å². The van der Waals surface area contributed by atoms with E-state index in [0.29, 0.717) is 11.1 Å². The van der Waals surface area contributed by atoms with Crippen LogP contribution in [-0.4, -0.2) is 11.0 Å². The van der Waals surface area contributed by atoms with E-state index in [0.717, 1.165) is 10.0 Å². The van der Waals surface area contributed by atoms with Gasteiger partial charge in [-0.15, -0.1) is 0 Å². The number of carbonyl (C=O) groups is 1. The first-order chi connectivity index (χ1) is 9.49. The summed E-state index contributed by atoms with van der Waals surface area (Å²) >= 11 is 3.38. The Bertz CT molecular complexity index is 623. The highest BCUT2D eigenvalue weighted by molar-refractivity contribution is 9.10. The Hall–Kier alpha value is -1.81. The van der Waals surface area contributed by atoms with Gasteiger partial charge in [0.05, 0.1) is 6.04 Å². The Kier molecular flexibility index (Phi) is 4.45. The highest BCUT2D eigenvalue weighted by atomic mass is 79.9. The van der Waals surface area contributed by atoms with E-state index in [4.69, 9.17) is 0 Å². The van der Waals surface area contributed by atoms with Crippen LogP contribution in [0, 0.1) is 6.92 Å². The first-order valence-electron chi connectivity index (χ1n) is 6.34. The van der Waals surface area contributed by atoms with Gasteiger partial charge in [0.2, 0.25) is 0 Å². The van der Waals surface area contributed by atoms with Crippen LogP contribution in [0.4, 0.5) is 0 Å². The molecule has 1 amide bonds. The number of aromatic hydroxyl groups is 1. The molecule has 20 heavy (non-hydrogen) atoms. The summed E-state index contributed by atoms with van der Waals surface area (Å²) in [6.45, 7) is 3.66. The molecule has 0 bridgehead atoms. The molecule has 2 rings (SSSR count). The van der Waals surface area contributed by atoms with E-state index >= 15 is 0 Å². The number of carbonyl (C=O) groups excluding carboxylic acids is 1. The third kappa shape index (κ3) is 3.20. The number of rotatable bonds is 3. The average Bonchev–Trinajstić information content (AvgIpc) is 2.42. The third-order valence-corrected chi connectivity index (χ3v) is 3.80. The molecule has 0 saturated carbocycles. The Labute approximate surface area is 126 Å². The van der Waals surface area contributed by atoms with Crippen molar-refractivity contribution in [3.05, 3.63) is 63.6 Å². The van der Waals surface area contributed by atoms with Crippen molar-refractivity contribution in [3.8, 4) is 5.75 Å². The minimum absolute atomic E-state index is 0.0997. The second kappa shape index (κ2) is 6.09. The number of benzene rings is 2. The highest BCUT2D eigenvalue weighted by Gasteiger charge is 2.14. The smallest absolute Gasteiger partial charge is 0.252 e. The topological polar surface area (TPSA) is 49.3 Å². The minimum atomic E-state index is -0.186. The lowest BCUT2D eigenvalue weighted by Crippen LogP contribution is -2.27. The van der Waals surface area contributed by atoms with Crippen LogP contribution in [0.15, 0.2) is 46.9 Å². The molecule has 2 aromatic rings. The van der Waals surface area contributed by atoms with Gasteiger partial charge < -0.3 is 10.4 Å². The second-order valence-corrected chi connectivity index (χ2v) is 5.61. The molecule has 0 spiro atoms. The van der Waals surface area contributed by atoms with Crippen molar-refractivity contribution < 1.29 is 9.90 Å². The molecule has 1 atom stereocenters. The number of amides is 1. The van der Waals surface area contributed by atoms with Gasteiger partial charge in [0.1, 0.15) is 5.75 Å². The van der Waals surface area contributed by atoms with Crippen molar-refractivity contribution in [2.75, 3.05) is 0 Å². The predicted molar refractivity (Wildman–Crippen MR) is 82.9 cm³/mol. The summed E-state index contributed by atoms with van der Waals surface area (Å²) in [6.07, 6.45) is 0. The van der Waals surface area contributed by atoms with Gasteiger partial charge in [0.25, 0.3) is 5.91 Å². The van der Waals surface area contributed by atoms with Gasteiger partial charge in [-0.2, -0.15) is 0 Å². The molecule has 2 N–H and O–H groups in total. The Morgan fingerprint density at radius 3 is 2.50 bits per heavy atom. The summed E-state index contributed by atoms with van der Waals surface area (Å²) in [5.41, 5.74) is 2.11. The highest BCUT2D eigenvalue weighted by Crippen LogP contribution is 2.21. The SMILES string of the molecule is Cc1c(O)cccc1C(=O)NC(C)c1ccc(Br)cc1. The zero-order chi connectivity index (χ0) is 14.7. The molecule has 0 aromatic heterocycles. The van der Waals surface area contributed by atoms with Crippen molar-refractivity contribution in [1.82, 2.24) is 5.32 Å². The zero-order valence-corrected chi connectivity index (χ0v) is 12.9. The fourth-order valence-electron chi connectivity index (χ4n) is 1.98. The maximum Gasteiger partial charge on any atom is 0.252 e. The van der Waals surface area contributed by atoms with Crippen LogP contribution in [0.25, 0.3) is 0 Å². The van der Waals surface area contributed by atoms with Crippen LogP contribution >= 0.6 is 15.9 Å². The molecule has 0 aliphatic heterocycles. The average molecular weight is 334 g/mol. The van der Waals surface area contributed by atoms with Crippen LogP contribution < -0.4 is 5.32 Å². The first-order valence-corrected chi connectivity index (χ1v) is 7.13. The molecule has 1 unspecified atom stereocenters. The maximum atomic E-state index is 12.2. The van der Waals surface area contributed by atoms with Gasteiger partial charge in [-0.3, -0.25) is 4.79 Å². The lowest BCUT2D eigenvalue weighted by molar-refractivity contribution is 0.0939. The van der Waals surface area contributed by atoms with Gasteiger partial charge >= 0.3 is 0 Å². The molecule has 0 saturated heterocycles. The fourth-order valence-corrected chi connectivity index (χ4v) is 2.24. The van der Waals surface area contributed by atoms with E-state index in [1.54, 1.807) is 25.1 Å². The number of nitrogens with one attached hydrogen (secondary N) is 1. The number of phenols is 1. The van der Waals surface area contributed by atoms with Crippen molar-refractivity contribution >= 4 is 21.8 Å². The standard InChI is InChI=1S/C16H16BrNO2/c1-10-14(4-3-5-15(10)19)16(20)18-11(2)12-6-8-13(17)9-7-12/h3-9,11,19H,1-2H3,(H,18,20). The number of phenolic OH excluding ortho intramolecular Hbond substituents is 1. The summed E-state index contributed by atoms with van der Waals surface area (Å²) < 4.78 is 1.00. The monoisotopic (exact) mass is 333 g/mol. The molecule has 3 nitrogen and oxygen atoms in total. The largest absolute Gasteiger partial charge is 0.508 e. The van der Waals surface area contributed by atoms with Gasteiger partial charge in [-0.05, 0) is 43.7 Å². The quantitative estimate of drug-likeness (QED) is 0.893. The predicted octanol–water partition coefficient (Wildman–Crippen LogP) is 3.95. The Morgan fingerprint density at radius 2 is 1.85 bits per heavy atom. The first kappa shape index (κ1) is 14.6. The molecule has 104 valence electrons. The van der Waals surface area contributed by atoms with E-state index < -0.39 is 0 Å². The molecule has 0 fully saturated rings. The zero-order valence-electron chi connectivity index (χ0n) is 11.4. The molecular weight excluding hydrogens is 318 g/mol. The minimum Gasteiger partial charge on any atom is -0.508 e. The number of hydrogen-bond donors (Lipinski definition) is 2. The van der Waals surface area contributed by atoms with E-state index in [1.807, 2.05) is 31.2 Å². The van der Waals surface area contributed by atoms with Crippen molar-refractivity contribution in [2.45, 2.75) is 19.9 Å². The summed E-state index contributed by atoms with van der Waals surface area (Å²) in [4.78, 5) is 12.2. The van der Waals surface area contributed by atoms with Crippen LogP contribution in [0.1, 0.15) is 34.5 Å². The summed E-state index contributed by atoms with van der Waals surface area (Å²) in [5.74, 6) is -0.0530. The Balaban J connectivity index is 2.15. The summed E-state index contributed by atoms with van der Waals surface area (Å²) in [5, 5.41) is 12.6. The van der Waals surface area contributed by atoms with E-state index in [1.165, 1.54) is 0 Å². The normalized spacial score (nSPS) is 11.9.